The molecule has 1 aromatic heterocycles. The van der Waals surface area contributed by atoms with E-state index in [1.165, 1.54) is 23.7 Å². The van der Waals surface area contributed by atoms with Gasteiger partial charge in [0, 0.05) is 24.8 Å². The monoisotopic (exact) mass is 476 g/mol. The molecular formula is C27H32N4O2S. The number of hydrogen-bond donors (Lipinski definition) is 0. The van der Waals surface area contributed by atoms with Gasteiger partial charge in [-0.3, -0.25) is 9.59 Å². The van der Waals surface area contributed by atoms with Crippen LogP contribution in [-0.2, 0) is 22.6 Å². The SMILES string of the molecule is CC1CC(C)CN(C(=O)Cn2c(SCC(=O)N3c4ccccc4CC3C)nc3ccccc32)C1. The minimum Gasteiger partial charge on any atom is -0.341 e. The lowest BCUT2D eigenvalue weighted by molar-refractivity contribution is -0.134. The van der Waals surface area contributed by atoms with E-state index in [-0.39, 0.29) is 30.2 Å². The van der Waals surface area contributed by atoms with E-state index in [1.54, 1.807) is 0 Å². The van der Waals surface area contributed by atoms with Gasteiger partial charge in [-0.25, -0.2) is 4.98 Å². The molecule has 0 bridgehead atoms. The minimum absolute atomic E-state index is 0.0751. The van der Waals surface area contributed by atoms with Gasteiger partial charge in [0.25, 0.3) is 0 Å². The third kappa shape index (κ3) is 4.45. The third-order valence-electron chi connectivity index (χ3n) is 6.94. The second kappa shape index (κ2) is 9.45. The number of aromatic nitrogens is 2. The average Bonchev–Trinajstić information content (AvgIpc) is 3.33. The van der Waals surface area contributed by atoms with Crippen LogP contribution < -0.4 is 4.90 Å². The first kappa shape index (κ1) is 23.0. The van der Waals surface area contributed by atoms with Crippen LogP contribution in [0, 0.1) is 11.8 Å². The molecule has 3 aromatic rings. The van der Waals surface area contributed by atoms with E-state index in [1.807, 2.05) is 56.8 Å². The van der Waals surface area contributed by atoms with Gasteiger partial charge >= 0.3 is 0 Å². The van der Waals surface area contributed by atoms with Crippen LogP contribution in [0.5, 0.6) is 0 Å². The lowest BCUT2D eigenvalue weighted by Gasteiger charge is -2.35. The maximum Gasteiger partial charge on any atom is 0.242 e. The van der Waals surface area contributed by atoms with Crippen LogP contribution >= 0.6 is 11.8 Å². The maximum atomic E-state index is 13.3. The summed E-state index contributed by atoms with van der Waals surface area (Å²) in [5.41, 5.74) is 4.02. The number of carbonyl (C=O) groups excluding carboxylic acids is 2. The zero-order valence-corrected chi connectivity index (χ0v) is 20.9. The van der Waals surface area contributed by atoms with Gasteiger partial charge in [0.05, 0.1) is 16.8 Å². The number of anilines is 1. The summed E-state index contributed by atoms with van der Waals surface area (Å²) in [6.45, 7) is 8.39. The molecule has 0 radical (unpaired) electrons. The number of rotatable bonds is 5. The van der Waals surface area contributed by atoms with Crippen molar-refractivity contribution in [1.82, 2.24) is 14.5 Å². The molecule has 1 fully saturated rings. The van der Waals surface area contributed by atoms with Crippen LogP contribution in [0.3, 0.4) is 0 Å². The third-order valence-corrected chi connectivity index (χ3v) is 7.90. The number of likely N-dealkylation sites (tertiary alicyclic amines) is 1. The van der Waals surface area contributed by atoms with Crippen molar-refractivity contribution in [3.05, 3.63) is 54.1 Å². The van der Waals surface area contributed by atoms with E-state index in [4.69, 9.17) is 4.98 Å². The van der Waals surface area contributed by atoms with E-state index in [9.17, 15) is 9.59 Å². The Kier molecular flexibility index (Phi) is 6.38. The van der Waals surface area contributed by atoms with Crippen molar-refractivity contribution in [2.45, 2.75) is 51.4 Å². The Bertz CT molecular complexity index is 1210. The van der Waals surface area contributed by atoms with Crippen molar-refractivity contribution < 1.29 is 9.59 Å². The molecule has 2 aromatic carbocycles. The summed E-state index contributed by atoms with van der Waals surface area (Å²) >= 11 is 1.42. The number of imidazole rings is 1. The Labute approximate surface area is 205 Å². The molecule has 7 heteroatoms. The molecule has 0 saturated carbocycles. The topological polar surface area (TPSA) is 58.4 Å². The van der Waals surface area contributed by atoms with Gasteiger partial charge in [0.15, 0.2) is 5.16 Å². The fourth-order valence-electron chi connectivity index (χ4n) is 5.56. The molecule has 34 heavy (non-hydrogen) atoms. The Balaban J connectivity index is 1.35. The van der Waals surface area contributed by atoms with Gasteiger partial charge in [-0.1, -0.05) is 55.9 Å². The molecule has 2 aliphatic heterocycles. The summed E-state index contributed by atoms with van der Waals surface area (Å²) in [6, 6.07) is 16.2. The van der Waals surface area contributed by atoms with Gasteiger partial charge in [-0.05, 0) is 55.4 Å². The van der Waals surface area contributed by atoms with Crippen molar-refractivity contribution in [2.75, 3.05) is 23.7 Å². The van der Waals surface area contributed by atoms with E-state index >= 15 is 0 Å². The molecule has 0 spiro atoms. The van der Waals surface area contributed by atoms with Crippen LogP contribution in [0.15, 0.2) is 53.7 Å². The normalized spacial score (nSPS) is 22.3. The molecule has 6 nitrogen and oxygen atoms in total. The first-order valence-corrected chi connectivity index (χ1v) is 13.1. The molecule has 2 aliphatic rings. The second-order valence-electron chi connectivity index (χ2n) is 9.95. The molecule has 3 atom stereocenters. The predicted octanol–water partition coefficient (Wildman–Crippen LogP) is 4.61. The quantitative estimate of drug-likeness (QED) is 0.505. The summed E-state index contributed by atoms with van der Waals surface area (Å²) in [5, 5.41) is 0.723. The zero-order valence-electron chi connectivity index (χ0n) is 20.1. The smallest absolute Gasteiger partial charge is 0.242 e. The minimum atomic E-state index is 0.0751. The Morgan fingerprint density at radius 3 is 2.47 bits per heavy atom. The standard InChI is InChI=1S/C27H32N4O2S/c1-18-12-19(2)15-29(14-18)25(32)16-30-24-11-7-5-9-22(24)28-27(30)34-17-26(33)31-20(3)13-21-8-4-6-10-23(21)31/h4-11,18-20H,12-17H2,1-3H3. The van der Waals surface area contributed by atoms with E-state index < -0.39 is 0 Å². The van der Waals surface area contributed by atoms with Crippen molar-refractivity contribution in [3.8, 4) is 0 Å². The van der Waals surface area contributed by atoms with Crippen LogP contribution in [0.1, 0.15) is 32.8 Å². The highest BCUT2D eigenvalue weighted by atomic mass is 32.2. The maximum absolute atomic E-state index is 13.3. The molecule has 5 rings (SSSR count). The van der Waals surface area contributed by atoms with Gasteiger partial charge in [0.1, 0.15) is 6.54 Å². The molecule has 1 saturated heterocycles. The molecule has 2 amide bonds. The van der Waals surface area contributed by atoms with E-state index in [0.717, 1.165) is 41.4 Å². The van der Waals surface area contributed by atoms with Gasteiger partial charge in [0.2, 0.25) is 11.8 Å². The van der Waals surface area contributed by atoms with Gasteiger partial charge in [-0.2, -0.15) is 0 Å². The van der Waals surface area contributed by atoms with Crippen LogP contribution in [0.4, 0.5) is 5.69 Å². The number of thioether (sulfide) groups is 1. The molecular weight excluding hydrogens is 444 g/mol. The first-order valence-electron chi connectivity index (χ1n) is 12.2. The highest BCUT2D eigenvalue weighted by Gasteiger charge is 2.31. The molecule has 0 N–H and O–H groups in total. The molecule has 178 valence electrons. The van der Waals surface area contributed by atoms with Crippen LogP contribution in [0.2, 0.25) is 0 Å². The number of piperidine rings is 1. The van der Waals surface area contributed by atoms with E-state index in [0.29, 0.717) is 11.8 Å². The molecule has 3 unspecified atom stereocenters. The van der Waals surface area contributed by atoms with E-state index in [2.05, 4.69) is 26.8 Å². The van der Waals surface area contributed by atoms with Crippen molar-refractivity contribution >= 4 is 40.3 Å². The number of nitrogens with zero attached hydrogens (tertiary/aromatic N) is 4. The second-order valence-corrected chi connectivity index (χ2v) is 10.9. The van der Waals surface area contributed by atoms with Gasteiger partial charge in [-0.15, -0.1) is 0 Å². The lowest BCUT2D eigenvalue weighted by atomic mass is 9.92. The largest absolute Gasteiger partial charge is 0.341 e. The Hall–Kier alpha value is -2.80. The molecule has 3 heterocycles. The number of para-hydroxylation sites is 3. The number of hydrogen-bond acceptors (Lipinski definition) is 4. The Morgan fingerprint density at radius 1 is 0.971 bits per heavy atom. The van der Waals surface area contributed by atoms with Gasteiger partial charge < -0.3 is 14.4 Å². The lowest BCUT2D eigenvalue weighted by Crippen LogP contribution is -2.44. The van der Waals surface area contributed by atoms with Crippen molar-refractivity contribution in [2.24, 2.45) is 11.8 Å². The fraction of sp³-hybridized carbons (Fsp3) is 0.444. The summed E-state index contributed by atoms with van der Waals surface area (Å²) in [6.07, 6.45) is 2.05. The number of fused-ring (bicyclic) bond motifs is 2. The summed E-state index contributed by atoms with van der Waals surface area (Å²) in [5.74, 6) is 1.52. The van der Waals surface area contributed by atoms with Crippen molar-refractivity contribution in [3.63, 3.8) is 0 Å². The summed E-state index contributed by atoms with van der Waals surface area (Å²) < 4.78 is 1.99. The fourth-order valence-corrected chi connectivity index (χ4v) is 6.43. The van der Waals surface area contributed by atoms with Crippen LogP contribution in [0.25, 0.3) is 11.0 Å². The summed E-state index contributed by atoms with van der Waals surface area (Å²) in [7, 11) is 0. The highest BCUT2D eigenvalue weighted by molar-refractivity contribution is 7.99. The zero-order chi connectivity index (χ0) is 23.8. The number of carbonyl (C=O) groups is 2. The Morgan fingerprint density at radius 2 is 1.68 bits per heavy atom. The number of amides is 2. The highest BCUT2D eigenvalue weighted by Crippen LogP contribution is 2.33. The number of benzene rings is 2. The first-order chi connectivity index (χ1) is 16.4. The van der Waals surface area contributed by atoms with Crippen LogP contribution in [-0.4, -0.2) is 51.1 Å². The predicted molar refractivity (Wildman–Crippen MR) is 137 cm³/mol. The van der Waals surface area contributed by atoms with Crippen molar-refractivity contribution in [1.29, 1.82) is 0 Å². The summed E-state index contributed by atoms with van der Waals surface area (Å²) in [4.78, 5) is 35.2. The average molecular weight is 477 g/mol. The molecule has 0 aliphatic carbocycles.